The van der Waals surface area contributed by atoms with Crippen LogP contribution in [0.3, 0.4) is 0 Å². The van der Waals surface area contributed by atoms with E-state index in [9.17, 15) is 20.0 Å². The summed E-state index contributed by atoms with van der Waals surface area (Å²) in [6.45, 7) is 2.02. The molecule has 1 rings (SSSR count). The Kier molecular flexibility index (Phi) is 6.47. The van der Waals surface area contributed by atoms with Crippen molar-refractivity contribution < 1.29 is 14.8 Å². The number of carbonyl (C=O) groups is 1. The normalized spacial score (nSPS) is 11.9. The van der Waals surface area contributed by atoms with Crippen molar-refractivity contribution in [3.05, 3.63) is 33.9 Å². The molecule has 0 fully saturated rings. The second-order valence-corrected chi connectivity index (χ2v) is 5.17. The minimum Gasteiger partial charge on any atom is -0.391 e. The SMILES string of the molecule is CCCC(O)CNC(=O)c1cc(SC)ccc1[N+](=O)[O-]. The zero-order chi connectivity index (χ0) is 15.1. The molecule has 0 saturated heterocycles. The highest BCUT2D eigenvalue weighted by Gasteiger charge is 2.20. The maximum absolute atomic E-state index is 12.0. The molecule has 1 aromatic carbocycles. The number of benzene rings is 1. The predicted molar refractivity (Wildman–Crippen MR) is 78.1 cm³/mol. The molecular formula is C13H18N2O4S. The molecule has 0 radical (unpaired) electrons. The van der Waals surface area contributed by atoms with Crippen LogP contribution >= 0.6 is 11.8 Å². The summed E-state index contributed by atoms with van der Waals surface area (Å²) < 4.78 is 0. The lowest BCUT2D eigenvalue weighted by atomic mass is 10.1. The van der Waals surface area contributed by atoms with Gasteiger partial charge in [0.15, 0.2) is 0 Å². The van der Waals surface area contributed by atoms with Crippen LogP contribution < -0.4 is 5.32 Å². The van der Waals surface area contributed by atoms with Crippen LogP contribution in [-0.4, -0.2) is 34.8 Å². The molecule has 0 aliphatic carbocycles. The zero-order valence-corrected chi connectivity index (χ0v) is 12.3. The standard InChI is InChI=1S/C13H18N2O4S/c1-3-4-9(16)8-14-13(17)11-7-10(20-2)5-6-12(11)15(18)19/h5-7,9,16H,3-4,8H2,1-2H3,(H,14,17). The van der Waals surface area contributed by atoms with Gasteiger partial charge in [-0.05, 0) is 24.8 Å². The quantitative estimate of drug-likeness (QED) is 0.457. The summed E-state index contributed by atoms with van der Waals surface area (Å²) in [5.74, 6) is -0.539. The van der Waals surface area contributed by atoms with Crippen molar-refractivity contribution in [3.8, 4) is 0 Å². The van der Waals surface area contributed by atoms with Gasteiger partial charge in [0, 0.05) is 17.5 Å². The molecule has 2 N–H and O–H groups in total. The van der Waals surface area contributed by atoms with Gasteiger partial charge in [0.1, 0.15) is 5.56 Å². The van der Waals surface area contributed by atoms with Gasteiger partial charge in [-0.3, -0.25) is 14.9 Å². The van der Waals surface area contributed by atoms with Crippen molar-refractivity contribution >= 4 is 23.4 Å². The molecular weight excluding hydrogens is 280 g/mol. The van der Waals surface area contributed by atoms with Crippen molar-refractivity contribution in [2.45, 2.75) is 30.8 Å². The predicted octanol–water partition coefficient (Wildman–Crippen LogP) is 2.21. The Hall–Kier alpha value is -1.60. The number of aliphatic hydroxyl groups is 1. The second kappa shape index (κ2) is 7.86. The number of thioether (sulfide) groups is 1. The van der Waals surface area contributed by atoms with Crippen LogP contribution in [0, 0.1) is 10.1 Å². The molecule has 0 bridgehead atoms. The van der Waals surface area contributed by atoms with Crippen molar-refractivity contribution in [1.82, 2.24) is 5.32 Å². The Morgan fingerprint density at radius 3 is 2.80 bits per heavy atom. The maximum Gasteiger partial charge on any atom is 0.282 e. The summed E-state index contributed by atoms with van der Waals surface area (Å²) in [5.41, 5.74) is -0.212. The van der Waals surface area contributed by atoms with E-state index in [0.29, 0.717) is 6.42 Å². The Morgan fingerprint density at radius 1 is 1.55 bits per heavy atom. The van der Waals surface area contributed by atoms with Crippen LogP contribution in [0.25, 0.3) is 0 Å². The monoisotopic (exact) mass is 298 g/mol. The van der Waals surface area contributed by atoms with Gasteiger partial charge in [0.25, 0.3) is 11.6 Å². The Labute approximate surface area is 121 Å². The molecule has 0 aliphatic rings. The minimum atomic E-state index is -0.633. The Morgan fingerprint density at radius 2 is 2.25 bits per heavy atom. The molecule has 1 amide bonds. The Bertz CT molecular complexity index is 493. The van der Waals surface area contributed by atoms with E-state index < -0.39 is 16.9 Å². The molecule has 110 valence electrons. The average Bonchev–Trinajstić information content (AvgIpc) is 2.44. The van der Waals surface area contributed by atoms with Gasteiger partial charge >= 0.3 is 0 Å². The number of nitrogens with zero attached hydrogens (tertiary/aromatic N) is 1. The van der Waals surface area contributed by atoms with Crippen LogP contribution in [0.4, 0.5) is 5.69 Å². The molecule has 0 saturated carbocycles. The van der Waals surface area contributed by atoms with Crippen molar-refractivity contribution in [2.24, 2.45) is 0 Å². The number of rotatable bonds is 7. The lowest BCUT2D eigenvalue weighted by Gasteiger charge is -2.11. The summed E-state index contributed by atoms with van der Waals surface area (Å²) in [7, 11) is 0. The number of amides is 1. The maximum atomic E-state index is 12.0. The highest BCUT2D eigenvalue weighted by Crippen LogP contribution is 2.24. The van der Waals surface area contributed by atoms with Crippen LogP contribution in [0.1, 0.15) is 30.1 Å². The minimum absolute atomic E-state index is 0.0190. The molecule has 6 nitrogen and oxygen atoms in total. The molecule has 0 aromatic heterocycles. The summed E-state index contributed by atoms with van der Waals surface area (Å²) in [6, 6.07) is 4.42. The summed E-state index contributed by atoms with van der Waals surface area (Å²) in [4.78, 5) is 23.1. The third-order valence-electron chi connectivity index (χ3n) is 2.77. The third kappa shape index (κ3) is 4.50. The summed E-state index contributed by atoms with van der Waals surface area (Å²) >= 11 is 1.40. The molecule has 7 heteroatoms. The first-order chi connectivity index (χ1) is 9.49. The highest BCUT2D eigenvalue weighted by atomic mass is 32.2. The fourth-order valence-electron chi connectivity index (χ4n) is 1.72. The number of carbonyl (C=O) groups excluding carboxylic acids is 1. The second-order valence-electron chi connectivity index (χ2n) is 4.29. The fraction of sp³-hybridized carbons (Fsp3) is 0.462. The number of nitro benzene ring substituents is 1. The zero-order valence-electron chi connectivity index (χ0n) is 11.5. The van der Waals surface area contributed by atoms with E-state index in [-0.39, 0.29) is 17.8 Å². The van der Waals surface area contributed by atoms with Gasteiger partial charge < -0.3 is 10.4 Å². The van der Waals surface area contributed by atoms with Crippen molar-refractivity contribution in [1.29, 1.82) is 0 Å². The summed E-state index contributed by atoms with van der Waals surface area (Å²) in [6.07, 6.45) is 2.58. The molecule has 0 heterocycles. The number of aliphatic hydroxyl groups excluding tert-OH is 1. The smallest absolute Gasteiger partial charge is 0.282 e. The topological polar surface area (TPSA) is 92.5 Å². The van der Waals surface area contributed by atoms with E-state index in [0.717, 1.165) is 11.3 Å². The van der Waals surface area contributed by atoms with E-state index in [2.05, 4.69) is 5.32 Å². The lowest BCUT2D eigenvalue weighted by molar-refractivity contribution is -0.385. The van der Waals surface area contributed by atoms with E-state index >= 15 is 0 Å². The Balaban J connectivity index is 2.87. The van der Waals surface area contributed by atoms with Crippen LogP contribution in [-0.2, 0) is 0 Å². The van der Waals surface area contributed by atoms with Gasteiger partial charge in [-0.25, -0.2) is 0 Å². The largest absolute Gasteiger partial charge is 0.391 e. The van der Waals surface area contributed by atoms with Crippen molar-refractivity contribution in [3.63, 3.8) is 0 Å². The number of nitrogens with one attached hydrogen (secondary N) is 1. The van der Waals surface area contributed by atoms with E-state index in [4.69, 9.17) is 0 Å². The van der Waals surface area contributed by atoms with Gasteiger partial charge in [-0.15, -0.1) is 11.8 Å². The number of hydrogen-bond acceptors (Lipinski definition) is 5. The van der Waals surface area contributed by atoms with E-state index in [1.165, 1.54) is 23.9 Å². The third-order valence-corrected chi connectivity index (χ3v) is 3.49. The van der Waals surface area contributed by atoms with Gasteiger partial charge in [-0.1, -0.05) is 13.3 Å². The molecule has 20 heavy (non-hydrogen) atoms. The van der Waals surface area contributed by atoms with E-state index in [1.807, 2.05) is 13.2 Å². The van der Waals surface area contributed by atoms with Gasteiger partial charge in [0.2, 0.25) is 0 Å². The van der Waals surface area contributed by atoms with Crippen LogP contribution in [0.15, 0.2) is 23.1 Å². The van der Waals surface area contributed by atoms with Gasteiger partial charge in [0.05, 0.1) is 11.0 Å². The first kappa shape index (κ1) is 16.5. The number of nitro groups is 1. The lowest BCUT2D eigenvalue weighted by Crippen LogP contribution is -2.32. The van der Waals surface area contributed by atoms with Crippen LogP contribution in [0.2, 0.25) is 0 Å². The molecule has 0 aliphatic heterocycles. The number of hydrogen-bond donors (Lipinski definition) is 2. The van der Waals surface area contributed by atoms with Gasteiger partial charge in [-0.2, -0.15) is 0 Å². The molecule has 1 aromatic rings. The first-order valence-electron chi connectivity index (χ1n) is 6.28. The van der Waals surface area contributed by atoms with Crippen LogP contribution in [0.5, 0.6) is 0 Å². The molecule has 1 unspecified atom stereocenters. The van der Waals surface area contributed by atoms with Crippen molar-refractivity contribution in [2.75, 3.05) is 12.8 Å². The first-order valence-corrected chi connectivity index (χ1v) is 7.50. The molecule has 0 spiro atoms. The summed E-state index contributed by atoms with van der Waals surface area (Å²) in [5, 5.41) is 23.0. The van der Waals surface area contributed by atoms with E-state index in [1.54, 1.807) is 6.07 Å². The average molecular weight is 298 g/mol. The molecule has 1 atom stereocenters. The highest BCUT2D eigenvalue weighted by molar-refractivity contribution is 7.98. The fourth-order valence-corrected chi connectivity index (χ4v) is 2.16.